The van der Waals surface area contributed by atoms with Crippen LogP contribution in [0.3, 0.4) is 0 Å². The fraction of sp³-hybridized carbons (Fsp3) is 0.0588. The van der Waals surface area contributed by atoms with Crippen LogP contribution in [0.25, 0.3) is 11.3 Å². The van der Waals surface area contributed by atoms with Gasteiger partial charge in [0.25, 0.3) is 0 Å². The molecule has 3 aromatic rings. The van der Waals surface area contributed by atoms with Crippen LogP contribution in [-0.4, -0.2) is 18.0 Å². The van der Waals surface area contributed by atoms with Crippen LogP contribution in [0.15, 0.2) is 59.0 Å². The van der Waals surface area contributed by atoms with E-state index in [9.17, 15) is 0 Å². The zero-order valence-corrected chi connectivity index (χ0v) is 12.9. The molecule has 23 heavy (non-hydrogen) atoms. The maximum atomic E-state index is 5.34. The van der Waals surface area contributed by atoms with Crippen molar-refractivity contribution in [3.8, 4) is 22.8 Å². The van der Waals surface area contributed by atoms with Crippen molar-refractivity contribution < 1.29 is 9.47 Å². The molecule has 1 aromatic heterocycles. The minimum Gasteiger partial charge on any atom is -0.454 e. The summed E-state index contributed by atoms with van der Waals surface area (Å²) in [6, 6.07) is 15.8. The largest absolute Gasteiger partial charge is 0.454 e. The lowest BCUT2D eigenvalue weighted by atomic mass is 10.2. The molecule has 1 aliphatic heterocycles. The molecule has 0 unspecified atom stereocenters. The van der Waals surface area contributed by atoms with Gasteiger partial charge in [-0.1, -0.05) is 30.3 Å². The average Bonchev–Trinajstić information content (AvgIpc) is 3.24. The molecule has 0 amide bonds. The van der Waals surface area contributed by atoms with Gasteiger partial charge in [-0.25, -0.2) is 4.98 Å². The standard InChI is InChI=1S/C17H13N3O2S/c1-2-4-13(5-3-1)14-10-23-17(19-14)20-18-9-12-6-7-15-16(8-12)22-11-21-15/h1-10H,11H2,(H,19,20). The summed E-state index contributed by atoms with van der Waals surface area (Å²) in [5.41, 5.74) is 5.92. The minimum absolute atomic E-state index is 0.273. The number of hydrogen-bond acceptors (Lipinski definition) is 6. The number of nitrogens with zero attached hydrogens (tertiary/aromatic N) is 2. The van der Waals surface area contributed by atoms with Crippen molar-refractivity contribution in [2.75, 3.05) is 12.2 Å². The SMILES string of the molecule is C(=NNc1nc(-c2ccccc2)cs1)c1ccc2c(c1)OCO2. The molecule has 0 bridgehead atoms. The summed E-state index contributed by atoms with van der Waals surface area (Å²) in [5.74, 6) is 1.51. The van der Waals surface area contributed by atoms with Crippen LogP contribution >= 0.6 is 11.3 Å². The van der Waals surface area contributed by atoms with Gasteiger partial charge in [-0.05, 0) is 23.8 Å². The van der Waals surface area contributed by atoms with Gasteiger partial charge in [0, 0.05) is 10.9 Å². The van der Waals surface area contributed by atoms with Crippen LogP contribution in [0, 0.1) is 0 Å². The Balaban J connectivity index is 1.44. The van der Waals surface area contributed by atoms with Crippen LogP contribution in [0.2, 0.25) is 0 Å². The second-order valence-electron chi connectivity index (χ2n) is 4.89. The number of benzene rings is 2. The van der Waals surface area contributed by atoms with Gasteiger partial charge in [0.1, 0.15) is 0 Å². The van der Waals surface area contributed by atoms with Crippen LogP contribution in [-0.2, 0) is 0 Å². The molecule has 2 aromatic carbocycles. The zero-order valence-electron chi connectivity index (χ0n) is 12.1. The van der Waals surface area contributed by atoms with Crippen LogP contribution in [0.4, 0.5) is 5.13 Å². The summed E-state index contributed by atoms with van der Waals surface area (Å²) in [5, 5.41) is 6.98. The first-order valence-electron chi connectivity index (χ1n) is 7.08. The summed E-state index contributed by atoms with van der Waals surface area (Å²) >= 11 is 1.52. The molecule has 0 saturated carbocycles. The lowest BCUT2D eigenvalue weighted by Gasteiger charge is -1.98. The van der Waals surface area contributed by atoms with Gasteiger partial charge in [0.15, 0.2) is 11.5 Å². The van der Waals surface area contributed by atoms with E-state index in [1.54, 1.807) is 6.21 Å². The number of aromatic nitrogens is 1. The number of ether oxygens (including phenoxy) is 2. The number of fused-ring (bicyclic) bond motifs is 1. The highest BCUT2D eigenvalue weighted by atomic mass is 32.1. The molecule has 1 aliphatic rings. The van der Waals surface area contributed by atoms with E-state index in [1.165, 1.54) is 11.3 Å². The number of hydrazone groups is 1. The summed E-state index contributed by atoms with van der Waals surface area (Å²) < 4.78 is 10.6. The first-order valence-corrected chi connectivity index (χ1v) is 7.96. The van der Waals surface area contributed by atoms with E-state index in [0.717, 1.165) is 33.5 Å². The molecule has 0 radical (unpaired) electrons. The molecule has 114 valence electrons. The van der Waals surface area contributed by atoms with E-state index in [4.69, 9.17) is 9.47 Å². The molecule has 1 N–H and O–H groups in total. The Bertz CT molecular complexity index is 846. The predicted octanol–water partition coefficient (Wildman–Crippen LogP) is 3.98. The highest BCUT2D eigenvalue weighted by Crippen LogP contribution is 2.32. The van der Waals surface area contributed by atoms with Gasteiger partial charge < -0.3 is 9.47 Å². The molecule has 2 heterocycles. The van der Waals surface area contributed by atoms with Crippen molar-refractivity contribution in [2.45, 2.75) is 0 Å². The molecular weight excluding hydrogens is 310 g/mol. The van der Waals surface area contributed by atoms with Gasteiger partial charge >= 0.3 is 0 Å². The molecule has 6 heteroatoms. The van der Waals surface area contributed by atoms with Crippen LogP contribution < -0.4 is 14.9 Å². The summed E-state index contributed by atoms with van der Waals surface area (Å²) in [6.07, 6.45) is 1.73. The van der Waals surface area contributed by atoms with Gasteiger partial charge in [0.2, 0.25) is 11.9 Å². The molecule has 0 fully saturated rings. The van der Waals surface area contributed by atoms with Gasteiger partial charge in [0.05, 0.1) is 11.9 Å². The minimum atomic E-state index is 0.273. The predicted molar refractivity (Wildman–Crippen MR) is 91.3 cm³/mol. The Hall–Kier alpha value is -2.86. The first-order chi connectivity index (χ1) is 11.4. The van der Waals surface area contributed by atoms with E-state index < -0.39 is 0 Å². The zero-order chi connectivity index (χ0) is 15.5. The van der Waals surface area contributed by atoms with E-state index >= 15 is 0 Å². The highest BCUT2D eigenvalue weighted by Gasteiger charge is 2.12. The lowest BCUT2D eigenvalue weighted by molar-refractivity contribution is 0.174. The summed E-state index contributed by atoms with van der Waals surface area (Å²) in [6.45, 7) is 0.273. The van der Waals surface area contributed by atoms with E-state index in [-0.39, 0.29) is 6.79 Å². The summed E-state index contributed by atoms with van der Waals surface area (Å²) in [7, 11) is 0. The molecule has 0 spiro atoms. The topological polar surface area (TPSA) is 55.7 Å². The maximum Gasteiger partial charge on any atom is 0.231 e. The smallest absolute Gasteiger partial charge is 0.231 e. The van der Waals surface area contributed by atoms with Crippen molar-refractivity contribution in [1.29, 1.82) is 0 Å². The Kier molecular flexibility index (Phi) is 3.65. The van der Waals surface area contributed by atoms with Crippen molar-refractivity contribution in [3.05, 3.63) is 59.5 Å². The van der Waals surface area contributed by atoms with Gasteiger partial charge in [-0.3, -0.25) is 5.43 Å². The third kappa shape index (κ3) is 3.02. The molecule has 4 rings (SSSR count). The first kappa shape index (κ1) is 13.8. The van der Waals surface area contributed by atoms with Crippen molar-refractivity contribution in [3.63, 3.8) is 0 Å². The number of anilines is 1. The third-order valence-corrected chi connectivity index (χ3v) is 4.09. The van der Waals surface area contributed by atoms with Crippen molar-refractivity contribution in [1.82, 2.24) is 4.98 Å². The number of hydrogen-bond donors (Lipinski definition) is 1. The van der Waals surface area contributed by atoms with E-state index in [1.807, 2.05) is 53.9 Å². The monoisotopic (exact) mass is 323 g/mol. The quantitative estimate of drug-likeness (QED) is 0.583. The fourth-order valence-electron chi connectivity index (χ4n) is 2.22. The van der Waals surface area contributed by atoms with Crippen LogP contribution in [0.5, 0.6) is 11.5 Å². The molecule has 0 saturated heterocycles. The normalized spacial score (nSPS) is 12.7. The van der Waals surface area contributed by atoms with Crippen LogP contribution in [0.1, 0.15) is 5.56 Å². The molecule has 5 nitrogen and oxygen atoms in total. The van der Waals surface area contributed by atoms with Gasteiger partial charge in [-0.2, -0.15) is 5.10 Å². The average molecular weight is 323 g/mol. The van der Waals surface area contributed by atoms with Gasteiger partial charge in [-0.15, -0.1) is 11.3 Å². The van der Waals surface area contributed by atoms with Crippen molar-refractivity contribution >= 4 is 22.7 Å². The Morgan fingerprint density at radius 3 is 2.87 bits per heavy atom. The van der Waals surface area contributed by atoms with Crippen molar-refractivity contribution in [2.24, 2.45) is 5.10 Å². The third-order valence-electron chi connectivity index (χ3n) is 3.34. The Morgan fingerprint density at radius 2 is 1.96 bits per heavy atom. The maximum absolute atomic E-state index is 5.34. The number of thiazole rings is 1. The van der Waals surface area contributed by atoms with E-state index in [0.29, 0.717) is 0 Å². The molecule has 0 aliphatic carbocycles. The number of rotatable bonds is 4. The second kappa shape index (κ2) is 6.10. The molecule has 0 atom stereocenters. The van der Waals surface area contributed by atoms with E-state index in [2.05, 4.69) is 15.5 Å². The second-order valence-corrected chi connectivity index (χ2v) is 5.74. The Morgan fingerprint density at radius 1 is 1.09 bits per heavy atom. The number of nitrogens with one attached hydrogen (secondary N) is 1. The summed E-state index contributed by atoms with van der Waals surface area (Å²) in [4.78, 5) is 4.52. The highest BCUT2D eigenvalue weighted by molar-refractivity contribution is 7.14. The Labute approximate surface area is 137 Å². The lowest BCUT2D eigenvalue weighted by Crippen LogP contribution is -1.93. The fourth-order valence-corrected chi connectivity index (χ4v) is 2.89. The molecular formula is C17H13N3O2S.